The fraction of sp³-hybridized carbons (Fsp3) is 0.273. The number of nitro groups is 1. The third kappa shape index (κ3) is 5.02. The molecule has 0 fully saturated rings. The molecule has 34 heavy (non-hydrogen) atoms. The standard InChI is InChI=1S/C11H10BrN3O3.C11H12BrN3O/c1-6(2)14-11(16)9-5-7(15(17)18)3-4-8(9)10(12)13-14;1-6(2)15-11(16)9-5-7(13)3-4-8(9)10(12)14-15/h3-6H,1-2H3;3-6H,13H2,1-2H3. The van der Waals surface area contributed by atoms with E-state index in [1.165, 1.54) is 27.6 Å². The van der Waals surface area contributed by atoms with Crippen molar-refractivity contribution in [3.63, 3.8) is 0 Å². The molecule has 12 heteroatoms. The van der Waals surface area contributed by atoms with Gasteiger partial charge < -0.3 is 5.73 Å². The van der Waals surface area contributed by atoms with Crippen LogP contribution in [-0.2, 0) is 0 Å². The second-order valence-corrected chi connectivity index (χ2v) is 9.56. The number of fused-ring (bicyclic) bond motifs is 2. The maximum absolute atomic E-state index is 12.2. The van der Waals surface area contributed by atoms with Gasteiger partial charge in [0.2, 0.25) is 0 Å². The van der Waals surface area contributed by atoms with Crippen LogP contribution in [0.3, 0.4) is 0 Å². The number of nitrogens with two attached hydrogens (primary N) is 1. The Balaban J connectivity index is 0.000000192. The van der Waals surface area contributed by atoms with Gasteiger partial charge in [-0.2, -0.15) is 10.2 Å². The Morgan fingerprint density at radius 1 is 0.824 bits per heavy atom. The van der Waals surface area contributed by atoms with Crippen molar-refractivity contribution in [1.82, 2.24) is 19.6 Å². The zero-order valence-corrected chi connectivity index (χ0v) is 22.0. The van der Waals surface area contributed by atoms with E-state index in [1.807, 2.05) is 27.7 Å². The highest BCUT2D eigenvalue weighted by Gasteiger charge is 2.15. The Hall–Kier alpha value is -3.12. The predicted molar refractivity (Wildman–Crippen MR) is 139 cm³/mol. The minimum atomic E-state index is -0.521. The summed E-state index contributed by atoms with van der Waals surface area (Å²) >= 11 is 6.63. The molecule has 0 saturated carbocycles. The molecule has 4 aromatic rings. The normalized spacial score (nSPS) is 11.2. The van der Waals surface area contributed by atoms with Gasteiger partial charge in [0.25, 0.3) is 16.8 Å². The first kappa shape index (κ1) is 25.5. The minimum Gasteiger partial charge on any atom is -0.399 e. The summed E-state index contributed by atoms with van der Waals surface area (Å²) in [5, 5.41) is 21.3. The van der Waals surface area contributed by atoms with Crippen molar-refractivity contribution >= 4 is 64.8 Å². The summed E-state index contributed by atoms with van der Waals surface area (Å²) in [6.07, 6.45) is 0. The number of benzene rings is 2. The van der Waals surface area contributed by atoms with Gasteiger partial charge in [0.1, 0.15) is 9.21 Å². The number of anilines is 1. The van der Waals surface area contributed by atoms with E-state index in [2.05, 4.69) is 42.1 Å². The molecule has 0 bridgehead atoms. The average Bonchev–Trinajstić information content (AvgIpc) is 2.78. The molecule has 4 rings (SSSR count). The first-order valence-corrected chi connectivity index (χ1v) is 11.8. The van der Waals surface area contributed by atoms with Crippen LogP contribution in [0.5, 0.6) is 0 Å². The van der Waals surface area contributed by atoms with Gasteiger partial charge >= 0.3 is 0 Å². The molecule has 0 aliphatic heterocycles. The molecule has 2 heterocycles. The predicted octanol–water partition coefficient (Wildman–Crippen LogP) is 4.97. The lowest BCUT2D eigenvalue weighted by Crippen LogP contribution is -2.25. The topological polar surface area (TPSA) is 139 Å². The van der Waals surface area contributed by atoms with E-state index in [1.54, 1.807) is 18.2 Å². The lowest BCUT2D eigenvalue weighted by Gasteiger charge is -2.10. The summed E-state index contributed by atoms with van der Waals surface area (Å²) in [5.41, 5.74) is 5.73. The summed E-state index contributed by atoms with van der Waals surface area (Å²) in [5.74, 6) is 0. The zero-order chi connectivity index (χ0) is 25.3. The average molecular weight is 594 g/mol. The van der Waals surface area contributed by atoms with Gasteiger partial charge in [0.05, 0.1) is 27.8 Å². The third-order valence-electron chi connectivity index (χ3n) is 4.95. The van der Waals surface area contributed by atoms with Crippen molar-refractivity contribution in [2.45, 2.75) is 39.8 Å². The van der Waals surface area contributed by atoms with E-state index in [4.69, 9.17) is 5.73 Å². The van der Waals surface area contributed by atoms with Gasteiger partial charge in [-0.15, -0.1) is 0 Å². The molecule has 0 aliphatic carbocycles. The van der Waals surface area contributed by atoms with Gasteiger partial charge in [-0.1, -0.05) is 0 Å². The van der Waals surface area contributed by atoms with Gasteiger partial charge in [-0.05, 0) is 83.8 Å². The molecule has 0 unspecified atom stereocenters. The van der Waals surface area contributed by atoms with Crippen molar-refractivity contribution in [3.8, 4) is 0 Å². The fourth-order valence-corrected chi connectivity index (χ4v) is 4.29. The monoisotopic (exact) mass is 592 g/mol. The van der Waals surface area contributed by atoms with Crippen LogP contribution in [0.15, 0.2) is 55.2 Å². The van der Waals surface area contributed by atoms with E-state index in [9.17, 15) is 19.7 Å². The second kappa shape index (κ2) is 10.0. The maximum atomic E-state index is 12.2. The molecule has 0 aliphatic rings. The van der Waals surface area contributed by atoms with Gasteiger partial charge in [0.15, 0.2) is 0 Å². The van der Waals surface area contributed by atoms with Crippen molar-refractivity contribution in [2.75, 3.05) is 5.73 Å². The van der Waals surface area contributed by atoms with Gasteiger partial charge in [0, 0.05) is 28.6 Å². The van der Waals surface area contributed by atoms with Crippen LogP contribution in [0.25, 0.3) is 21.5 Å². The van der Waals surface area contributed by atoms with Crippen molar-refractivity contribution in [2.24, 2.45) is 0 Å². The van der Waals surface area contributed by atoms with Crippen LogP contribution in [0, 0.1) is 10.1 Å². The van der Waals surface area contributed by atoms with E-state index in [0.29, 0.717) is 31.1 Å². The summed E-state index contributed by atoms with van der Waals surface area (Å²) in [7, 11) is 0. The van der Waals surface area contributed by atoms with E-state index < -0.39 is 4.92 Å². The second-order valence-electron chi connectivity index (χ2n) is 8.06. The zero-order valence-electron chi connectivity index (χ0n) is 18.8. The number of nitrogens with zero attached hydrogens (tertiary/aromatic N) is 5. The third-order valence-corrected chi connectivity index (χ3v) is 6.12. The molecule has 0 atom stereocenters. The number of nitrogen functional groups attached to an aromatic ring is 1. The van der Waals surface area contributed by atoms with Crippen molar-refractivity contribution < 1.29 is 4.92 Å². The lowest BCUT2D eigenvalue weighted by molar-refractivity contribution is -0.384. The molecule has 0 saturated heterocycles. The number of nitro benzene ring substituents is 1. The van der Waals surface area contributed by atoms with Crippen LogP contribution in [0.4, 0.5) is 11.4 Å². The van der Waals surface area contributed by atoms with Crippen LogP contribution in [-0.4, -0.2) is 24.5 Å². The summed E-state index contributed by atoms with van der Waals surface area (Å²) < 4.78 is 3.92. The largest absolute Gasteiger partial charge is 0.399 e. The molecule has 2 N–H and O–H groups in total. The highest BCUT2D eigenvalue weighted by molar-refractivity contribution is 9.10. The molecular formula is C22H22Br2N6O4. The lowest BCUT2D eigenvalue weighted by atomic mass is 10.2. The fourth-order valence-electron chi connectivity index (χ4n) is 3.26. The van der Waals surface area contributed by atoms with Crippen LogP contribution in [0.1, 0.15) is 39.8 Å². The number of halogens is 2. The number of rotatable bonds is 3. The first-order valence-electron chi connectivity index (χ1n) is 10.3. The van der Waals surface area contributed by atoms with E-state index in [0.717, 1.165) is 5.39 Å². The molecular weight excluding hydrogens is 572 g/mol. The van der Waals surface area contributed by atoms with Crippen LogP contribution < -0.4 is 16.9 Å². The van der Waals surface area contributed by atoms with E-state index in [-0.39, 0.29) is 28.9 Å². The summed E-state index contributed by atoms with van der Waals surface area (Å²) in [4.78, 5) is 34.5. The van der Waals surface area contributed by atoms with Crippen molar-refractivity contribution in [3.05, 3.63) is 76.4 Å². The maximum Gasteiger partial charge on any atom is 0.275 e. The molecule has 2 aromatic heterocycles. The molecule has 0 spiro atoms. The molecule has 178 valence electrons. The van der Waals surface area contributed by atoms with E-state index >= 15 is 0 Å². The number of non-ortho nitro benzene ring substituents is 1. The Morgan fingerprint density at radius 2 is 1.26 bits per heavy atom. The molecule has 0 radical (unpaired) electrons. The van der Waals surface area contributed by atoms with Crippen molar-refractivity contribution in [1.29, 1.82) is 0 Å². The Bertz CT molecular complexity index is 1530. The van der Waals surface area contributed by atoms with Gasteiger partial charge in [-0.3, -0.25) is 19.7 Å². The smallest absolute Gasteiger partial charge is 0.275 e. The van der Waals surface area contributed by atoms with Gasteiger partial charge in [-0.25, -0.2) is 9.36 Å². The highest BCUT2D eigenvalue weighted by Crippen LogP contribution is 2.24. The Kier molecular flexibility index (Phi) is 7.51. The Labute approximate surface area is 210 Å². The summed E-state index contributed by atoms with van der Waals surface area (Å²) in [6.45, 7) is 7.48. The highest BCUT2D eigenvalue weighted by atomic mass is 79.9. The number of aromatic nitrogens is 4. The first-order chi connectivity index (χ1) is 15.9. The SMILES string of the molecule is CC(C)n1nc(Br)c2ccc(N)cc2c1=O.CC(C)n1nc(Br)c2ccc([N+](=O)[O-])cc2c1=O. The van der Waals surface area contributed by atoms with Crippen LogP contribution in [0.2, 0.25) is 0 Å². The molecule has 0 amide bonds. The Morgan fingerprint density at radius 3 is 1.71 bits per heavy atom. The number of hydrogen-bond acceptors (Lipinski definition) is 7. The quantitative estimate of drug-likeness (QED) is 0.201. The molecule has 2 aromatic carbocycles. The number of hydrogen-bond donors (Lipinski definition) is 1. The summed E-state index contributed by atoms with van der Waals surface area (Å²) in [6, 6.07) is 9.31. The van der Waals surface area contributed by atoms with Crippen LogP contribution >= 0.6 is 31.9 Å². The minimum absolute atomic E-state index is 0.0228. The molecule has 10 nitrogen and oxygen atoms in total.